The summed E-state index contributed by atoms with van der Waals surface area (Å²) >= 11 is 18.1. The third-order valence-electron chi connectivity index (χ3n) is 5.28. The van der Waals surface area contributed by atoms with E-state index in [0.717, 1.165) is 17.0 Å². The average Bonchev–Trinajstić information content (AvgIpc) is 2.76. The lowest BCUT2D eigenvalue weighted by molar-refractivity contribution is -0.139. The van der Waals surface area contributed by atoms with Crippen LogP contribution in [0.5, 0.6) is 0 Å². The molecule has 0 aromatic heterocycles. The third kappa shape index (κ3) is 7.77. The molecule has 0 aliphatic heterocycles. The molecule has 2 atom stereocenters. The highest BCUT2D eigenvalue weighted by atomic mass is 35.5. The predicted molar refractivity (Wildman–Crippen MR) is 138 cm³/mol. The quantitative estimate of drug-likeness (QED) is 0.464. The molecule has 0 bridgehead atoms. The van der Waals surface area contributed by atoms with Crippen LogP contribution in [-0.2, 0) is 26.2 Å². The van der Waals surface area contributed by atoms with Gasteiger partial charge in [-0.05, 0) is 56.2 Å². The highest BCUT2D eigenvalue weighted by Crippen LogP contribution is 2.28. The molecule has 2 aromatic carbocycles. The van der Waals surface area contributed by atoms with Crippen LogP contribution in [0.3, 0.4) is 0 Å². The van der Waals surface area contributed by atoms with Crippen molar-refractivity contribution in [1.29, 1.82) is 0 Å². The number of hydrogen-bond acceptors (Lipinski definition) is 4. The normalized spacial score (nSPS) is 13.1. The van der Waals surface area contributed by atoms with Crippen molar-refractivity contribution in [2.75, 3.05) is 17.1 Å². The number of rotatable bonds is 10. The standard InChI is InChI=1S/C23H28Cl3N3O4S/c1-5-15(2)27-23(31)16(3)28(13-17-7-6-8-18(24)11-17)22(30)14-29(34(4,32)33)19-9-10-20(25)21(26)12-19/h6-12,15-16H,5,13-14H2,1-4H3,(H,27,31)/t15-,16-/m1/s1. The molecule has 11 heteroatoms. The van der Waals surface area contributed by atoms with E-state index < -0.39 is 28.5 Å². The van der Waals surface area contributed by atoms with Crippen molar-refractivity contribution in [3.05, 3.63) is 63.1 Å². The van der Waals surface area contributed by atoms with Crippen LogP contribution in [-0.4, -0.2) is 50.0 Å². The Balaban J connectivity index is 2.41. The highest BCUT2D eigenvalue weighted by molar-refractivity contribution is 7.92. The van der Waals surface area contributed by atoms with Gasteiger partial charge in [0.1, 0.15) is 12.6 Å². The third-order valence-corrected chi connectivity index (χ3v) is 7.40. The van der Waals surface area contributed by atoms with E-state index in [1.165, 1.54) is 23.1 Å². The number of halogens is 3. The lowest BCUT2D eigenvalue weighted by atomic mass is 10.1. The van der Waals surface area contributed by atoms with Gasteiger partial charge in [-0.15, -0.1) is 0 Å². The molecule has 7 nitrogen and oxygen atoms in total. The number of hydrogen-bond donors (Lipinski definition) is 1. The number of carbonyl (C=O) groups is 2. The van der Waals surface area contributed by atoms with Crippen LogP contribution in [0.25, 0.3) is 0 Å². The van der Waals surface area contributed by atoms with Gasteiger partial charge >= 0.3 is 0 Å². The minimum Gasteiger partial charge on any atom is -0.352 e. The zero-order chi connectivity index (χ0) is 25.6. The van der Waals surface area contributed by atoms with Gasteiger partial charge in [-0.25, -0.2) is 8.42 Å². The minimum absolute atomic E-state index is 0.0630. The highest BCUT2D eigenvalue weighted by Gasteiger charge is 2.30. The largest absolute Gasteiger partial charge is 0.352 e. The Morgan fingerprint density at radius 3 is 2.26 bits per heavy atom. The molecule has 2 amide bonds. The van der Waals surface area contributed by atoms with Crippen molar-refractivity contribution in [3.63, 3.8) is 0 Å². The first-order valence-corrected chi connectivity index (χ1v) is 13.6. The number of carbonyl (C=O) groups excluding carboxylic acids is 2. The average molecular weight is 549 g/mol. The molecule has 0 heterocycles. The molecule has 0 fully saturated rings. The van der Waals surface area contributed by atoms with E-state index in [-0.39, 0.29) is 34.2 Å². The first kappa shape index (κ1) is 28.2. The van der Waals surface area contributed by atoms with Crippen molar-refractivity contribution in [1.82, 2.24) is 10.2 Å². The van der Waals surface area contributed by atoms with Crippen molar-refractivity contribution >= 4 is 62.3 Å². The van der Waals surface area contributed by atoms with Gasteiger partial charge in [0.15, 0.2) is 0 Å². The summed E-state index contributed by atoms with van der Waals surface area (Å²) in [5, 5.41) is 3.75. The van der Waals surface area contributed by atoms with Gasteiger partial charge in [-0.3, -0.25) is 13.9 Å². The summed E-state index contributed by atoms with van der Waals surface area (Å²) in [5.41, 5.74) is 0.883. The molecule has 34 heavy (non-hydrogen) atoms. The SMILES string of the molecule is CC[C@@H](C)NC(=O)[C@@H](C)N(Cc1cccc(Cl)c1)C(=O)CN(c1ccc(Cl)c(Cl)c1)S(C)(=O)=O. The molecule has 2 rings (SSSR count). The van der Waals surface area contributed by atoms with Gasteiger partial charge in [0.2, 0.25) is 21.8 Å². The summed E-state index contributed by atoms with van der Waals surface area (Å²) in [6.07, 6.45) is 1.71. The summed E-state index contributed by atoms with van der Waals surface area (Å²) < 4.78 is 26.1. The van der Waals surface area contributed by atoms with Crippen LogP contribution < -0.4 is 9.62 Å². The topological polar surface area (TPSA) is 86.8 Å². The molecule has 0 unspecified atom stereocenters. The Morgan fingerprint density at radius 2 is 1.71 bits per heavy atom. The van der Waals surface area contributed by atoms with E-state index in [0.29, 0.717) is 10.6 Å². The molecule has 186 valence electrons. The first-order valence-electron chi connectivity index (χ1n) is 10.6. The lowest BCUT2D eigenvalue weighted by Gasteiger charge is -2.32. The van der Waals surface area contributed by atoms with Crippen LogP contribution in [0.4, 0.5) is 5.69 Å². The Labute approximate surface area is 216 Å². The summed E-state index contributed by atoms with van der Waals surface area (Å²) in [4.78, 5) is 27.7. The maximum absolute atomic E-state index is 13.5. The van der Waals surface area contributed by atoms with Crippen LogP contribution >= 0.6 is 34.8 Å². The fourth-order valence-corrected chi connectivity index (χ4v) is 4.48. The molecule has 2 aromatic rings. The molecular formula is C23H28Cl3N3O4S. The Hall–Kier alpha value is -2.00. The van der Waals surface area contributed by atoms with Gasteiger partial charge in [0, 0.05) is 17.6 Å². The van der Waals surface area contributed by atoms with Gasteiger partial charge in [-0.1, -0.05) is 53.9 Å². The summed E-state index contributed by atoms with van der Waals surface area (Å²) in [5.74, 6) is -0.909. The number of amides is 2. The van der Waals surface area contributed by atoms with Gasteiger partial charge < -0.3 is 10.2 Å². The molecule has 0 spiro atoms. The maximum atomic E-state index is 13.5. The first-order chi connectivity index (χ1) is 15.8. The zero-order valence-corrected chi connectivity index (χ0v) is 22.5. The molecule has 0 radical (unpaired) electrons. The fraction of sp³-hybridized carbons (Fsp3) is 0.391. The van der Waals surface area contributed by atoms with E-state index in [9.17, 15) is 18.0 Å². The number of nitrogens with one attached hydrogen (secondary N) is 1. The molecule has 0 saturated heterocycles. The molecule has 0 saturated carbocycles. The van der Waals surface area contributed by atoms with Crippen LogP contribution in [0.1, 0.15) is 32.8 Å². The van der Waals surface area contributed by atoms with Crippen LogP contribution in [0.2, 0.25) is 15.1 Å². The van der Waals surface area contributed by atoms with Crippen molar-refractivity contribution in [3.8, 4) is 0 Å². The summed E-state index contributed by atoms with van der Waals surface area (Å²) in [7, 11) is -3.86. The monoisotopic (exact) mass is 547 g/mol. The van der Waals surface area contributed by atoms with E-state index in [2.05, 4.69) is 5.32 Å². The second-order valence-electron chi connectivity index (χ2n) is 8.01. The Bertz CT molecular complexity index is 1140. The van der Waals surface area contributed by atoms with E-state index in [4.69, 9.17) is 34.8 Å². The van der Waals surface area contributed by atoms with Crippen LogP contribution in [0, 0.1) is 0 Å². The predicted octanol–water partition coefficient (Wildman–Crippen LogP) is 4.74. The minimum atomic E-state index is -3.86. The van der Waals surface area contributed by atoms with Gasteiger partial charge in [0.25, 0.3) is 0 Å². The van der Waals surface area contributed by atoms with E-state index in [1.807, 2.05) is 13.8 Å². The van der Waals surface area contributed by atoms with Gasteiger partial charge in [-0.2, -0.15) is 0 Å². The van der Waals surface area contributed by atoms with Crippen molar-refractivity contribution < 1.29 is 18.0 Å². The summed E-state index contributed by atoms with van der Waals surface area (Å²) in [6.45, 7) is 4.94. The zero-order valence-electron chi connectivity index (χ0n) is 19.4. The number of anilines is 1. The Morgan fingerprint density at radius 1 is 1.03 bits per heavy atom. The Kier molecular flexibility index (Phi) is 10.1. The number of nitrogens with zero attached hydrogens (tertiary/aromatic N) is 2. The number of sulfonamides is 1. The lowest BCUT2D eigenvalue weighted by Crippen LogP contribution is -2.52. The smallest absolute Gasteiger partial charge is 0.244 e. The second-order valence-corrected chi connectivity index (χ2v) is 11.2. The van der Waals surface area contributed by atoms with Crippen molar-refractivity contribution in [2.24, 2.45) is 0 Å². The van der Waals surface area contributed by atoms with Gasteiger partial charge in [0.05, 0.1) is 22.0 Å². The second kappa shape index (κ2) is 12.1. The molecule has 0 aliphatic carbocycles. The molecular weight excluding hydrogens is 521 g/mol. The molecule has 0 aliphatic rings. The molecule has 1 N–H and O–H groups in total. The number of benzene rings is 2. The maximum Gasteiger partial charge on any atom is 0.244 e. The fourth-order valence-electron chi connectivity index (χ4n) is 3.13. The van der Waals surface area contributed by atoms with Crippen molar-refractivity contribution in [2.45, 2.75) is 45.8 Å². The van der Waals surface area contributed by atoms with E-state index >= 15 is 0 Å². The van der Waals surface area contributed by atoms with Crippen LogP contribution in [0.15, 0.2) is 42.5 Å². The summed E-state index contributed by atoms with van der Waals surface area (Å²) in [6, 6.07) is 10.2. The van der Waals surface area contributed by atoms with E-state index in [1.54, 1.807) is 31.2 Å².